The predicted octanol–water partition coefficient (Wildman–Crippen LogP) is 1.40. The highest BCUT2D eigenvalue weighted by Crippen LogP contribution is 2.34. The van der Waals surface area contributed by atoms with E-state index in [9.17, 15) is 9.90 Å². The number of nitrogens with zero attached hydrogens (tertiary/aromatic N) is 1. The largest absolute Gasteiger partial charge is 0.482 e. The van der Waals surface area contributed by atoms with E-state index < -0.39 is 6.10 Å². The second-order valence-electron chi connectivity index (χ2n) is 4.00. The van der Waals surface area contributed by atoms with Crippen molar-refractivity contribution in [1.29, 1.82) is 0 Å². The normalized spacial score (nSPS) is 16.4. The molecular formula is C12H15NO3S. The summed E-state index contributed by atoms with van der Waals surface area (Å²) >= 11 is 4.09. The summed E-state index contributed by atoms with van der Waals surface area (Å²) in [6.45, 7) is 0.0715. The van der Waals surface area contributed by atoms with Gasteiger partial charge in [-0.05, 0) is 29.9 Å². The van der Waals surface area contributed by atoms with Gasteiger partial charge in [-0.2, -0.15) is 12.6 Å². The first-order chi connectivity index (χ1) is 8.13. The van der Waals surface area contributed by atoms with Crippen molar-refractivity contribution in [3.05, 3.63) is 23.8 Å². The predicted molar refractivity (Wildman–Crippen MR) is 68.8 cm³/mol. The van der Waals surface area contributed by atoms with E-state index in [1.165, 1.54) is 0 Å². The maximum atomic E-state index is 11.5. The molecule has 1 unspecified atom stereocenters. The van der Waals surface area contributed by atoms with Crippen molar-refractivity contribution in [2.24, 2.45) is 0 Å². The molecule has 0 bridgehead atoms. The van der Waals surface area contributed by atoms with Crippen molar-refractivity contribution >= 4 is 24.2 Å². The number of fused-ring (bicyclic) bond motifs is 1. The molecule has 1 N–H and O–H groups in total. The smallest absolute Gasteiger partial charge is 0.264 e. The molecule has 0 radical (unpaired) electrons. The molecule has 0 aromatic heterocycles. The molecule has 1 amide bonds. The van der Waals surface area contributed by atoms with E-state index in [4.69, 9.17) is 4.74 Å². The van der Waals surface area contributed by atoms with E-state index in [0.29, 0.717) is 23.6 Å². The summed E-state index contributed by atoms with van der Waals surface area (Å²) in [5.74, 6) is 1.20. The second-order valence-corrected chi connectivity index (χ2v) is 4.44. The van der Waals surface area contributed by atoms with Crippen molar-refractivity contribution < 1.29 is 14.6 Å². The maximum absolute atomic E-state index is 11.5. The molecule has 0 spiro atoms. The van der Waals surface area contributed by atoms with Crippen molar-refractivity contribution in [2.45, 2.75) is 12.5 Å². The van der Waals surface area contributed by atoms with Crippen LogP contribution in [0.15, 0.2) is 18.2 Å². The van der Waals surface area contributed by atoms with E-state index in [1.54, 1.807) is 24.1 Å². The molecule has 1 heterocycles. The van der Waals surface area contributed by atoms with Crippen LogP contribution in [0.25, 0.3) is 0 Å². The van der Waals surface area contributed by atoms with Crippen LogP contribution in [0.1, 0.15) is 18.1 Å². The minimum absolute atomic E-state index is 0.0715. The van der Waals surface area contributed by atoms with Crippen LogP contribution in [0.2, 0.25) is 0 Å². The van der Waals surface area contributed by atoms with E-state index in [1.807, 2.05) is 6.07 Å². The molecule has 0 aliphatic carbocycles. The van der Waals surface area contributed by atoms with Gasteiger partial charge in [0.05, 0.1) is 11.8 Å². The Morgan fingerprint density at radius 3 is 3.06 bits per heavy atom. The molecule has 1 aliphatic heterocycles. The van der Waals surface area contributed by atoms with Crippen LogP contribution in [-0.2, 0) is 4.79 Å². The van der Waals surface area contributed by atoms with Crippen LogP contribution >= 0.6 is 12.6 Å². The number of anilines is 1. The first-order valence-electron chi connectivity index (χ1n) is 5.45. The molecule has 5 heteroatoms. The Kier molecular flexibility index (Phi) is 3.59. The van der Waals surface area contributed by atoms with Gasteiger partial charge in [-0.1, -0.05) is 6.07 Å². The number of aliphatic hydroxyl groups is 1. The van der Waals surface area contributed by atoms with Crippen molar-refractivity contribution in [3.8, 4) is 5.75 Å². The summed E-state index contributed by atoms with van der Waals surface area (Å²) in [5.41, 5.74) is 1.49. The summed E-state index contributed by atoms with van der Waals surface area (Å²) in [5, 5.41) is 9.88. The van der Waals surface area contributed by atoms with Gasteiger partial charge in [0.25, 0.3) is 5.91 Å². The van der Waals surface area contributed by atoms with Gasteiger partial charge < -0.3 is 14.7 Å². The number of thiol groups is 1. The molecule has 92 valence electrons. The van der Waals surface area contributed by atoms with E-state index in [0.717, 1.165) is 5.56 Å². The van der Waals surface area contributed by atoms with Gasteiger partial charge in [-0.15, -0.1) is 0 Å². The summed E-state index contributed by atoms with van der Waals surface area (Å²) in [4.78, 5) is 13.0. The quantitative estimate of drug-likeness (QED) is 0.800. The standard InChI is InChI=1S/C12H15NO3S/c1-13-9-6-8(10(14)4-5-17)2-3-11(9)16-7-12(13)15/h2-3,6,10,14,17H,4-5,7H2,1H3. The number of ether oxygens (including phenoxy) is 1. The lowest BCUT2D eigenvalue weighted by atomic mass is 10.1. The number of carbonyl (C=O) groups is 1. The Labute approximate surface area is 106 Å². The van der Waals surface area contributed by atoms with Crippen LogP contribution in [0.3, 0.4) is 0 Å². The Morgan fingerprint density at radius 1 is 1.59 bits per heavy atom. The zero-order chi connectivity index (χ0) is 12.4. The van der Waals surface area contributed by atoms with Crippen molar-refractivity contribution in [3.63, 3.8) is 0 Å². The zero-order valence-electron chi connectivity index (χ0n) is 9.59. The number of hydrogen-bond acceptors (Lipinski definition) is 4. The van der Waals surface area contributed by atoms with Gasteiger partial charge in [0.1, 0.15) is 5.75 Å². The van der Waals surface area contributed by atoms with Gasteiger partial charge in [0, 0.05) is 7.05 Å². The average Bonchev–Trinajstić information content (AvgIpc) is 2.34. The monoisotopic (exact) mass is 253 g/mol. The summed E-state index contributed by atoms with van der Waals surface area (Å²) < 4.78 is 5.31. The van der Waals surface area contributed by atoms with Gasteiger partial charge in [-0.25, -0.2) is 0 Å². The Bertz CT molecular complexity index is 436. The number of aliphatic hydroxyl groups excluding tert-OH is 1. The number of hydrogen-bond donors (Lipinski definition) is 2. The minimum atomic E-state index is -0.553. The Morgan fingerprint density at radius 2 is 2.35 bits per heavy atom. The molecule has 1 aliphatic rings. The molecule has 2 rings (SSSR count). The highest BCUT2D eigenvalue weighted by atomic mass is 32.1. The molecule has 0 saturated heterocycles. The van der Waals surface area contributed by atoms with Gasteiger partial charge >= 0.3 is 0 Å². The first kappa shape index (κ1) is 12.3. The minimum Gasteiger partial charge on any atom is -0.482 e. The molecule has 17 heavy (non-hydrogen) atoms. The topological polar surface area (TPSA) is 49.8 Å². The molecule has 1 atom stereocenters. The molecule has 0 fully saturated rings. The average molecular weight is 253 g/mol. The van der Waals surface area contributed by atoms with Crippen LogP contribution in [-0.4, -0.2) is 30.4 Å². The molecule has 4 nitrogen and oxygen atoms in total. The van der Waals surface area contributed by atoms with E-state index >= 15 is 0 Å². The molecular weight excluding hydrogens is 238 g/mol. The summed E-state index contributed by atoms with van der Waals surface area (Å²) in [6.07, 6.45) is 0.0312. The fourth-order valence-electron chi connectivity index (χ4n) is 1.79. The number of benzene rings is 1. The molecule has 1 aromatic rings. The Hall–Kier alpha value is -1.20. The van der Waals surface area contributed by atoms with Crippen molar-refractivity contribution in [2.75, 3.05) is 24.3 Å². The van der Waals surface area contributed by atoms with Crippen LogP contribution in [0.4, 0.5) is 5.69 Å². The SMILES string of the molecule is CN1C(=O)COc2ccc(C(O)CCS)cc21. The highest BCUT2D eigenvalue weighted by Gasteiger charge is 2.23. The van der Waals surface area contributed by atoms with Crippen LogP contribution in [0.5, 0.6) is 5.75 Å². The third kappa shape index (κ3) is 2.40. The zero-order valence-corrected chi connectivity index (χ0v) is 10.5. The van der Waals surface area contributed by atoms with E-state index in [-0.39, 0.29) is 12.5 Å². The summed E-state index contributed by atoms with van der Waals surface area (Å²) in [6, 6.07) is 5.40. The third-order valence-electron chi connectivity index (χ3n) is 2.86. The van der Waals surface area contributed by atoms with Gasteiger partial charge in [0.15, 0.2) is 6.61 Å². The van der Waals surface area contributed by atoms with Crippen LogP contribution < -0.4 is 9.64 Å². The lowest BCUT2D eigenvalue weighted by Crippen LogP contribution is -2.35. The summed E-state index contributed by atoms with van der Waals surface area (Å²) in [7, 11) is 1.71. The number of likely N-dealkylation sites (N-methyl/N-ethyl adjacent to an activating group) is 1. The number of rotatable bonds is 3. The lowest BCUT2D eigenvalue weighted by molar-refractivity contribution is -0.120. The van der Waals surface area contributed by atoms with Gasteiger partial charge in [0.2, 0.25) is 0 Å². The Balaban J connectivity index is 2.32. The van der Waals surface area contributed by atoms with Crippen LogP contribution in [0, 0.1) is 0 Å². The van der Waals surface area contributed by atoms with E-state index in [2.05, 4.69) is 12.6 Å². The number of carbonyl (C=O) groups excluding carboxylic acids is 1. The second kappa shape index (κ2) is 4.98. The highest BCUT2D eigenvalue weighted by molar-refractivity contribution is 7.80. The fraction of sp³-hybridized carbons (Fsp3) is 0.417. The molecule has 0 saturated carbocycles. The van der Waals surface area contributed by atoms with Gasteiger partial charge in [-0.3, -0.25) is 4.79 Å². The maximum Gasteiger partial charge on any atom is 0.264 e. The third-order valence-corrected chi connectivity index (χ3v) is 3.12. The van der Waals surface area contributed by atoms with Crippen molar-refractivity contribution in [1.82, 2.24) is 0 Å². The molecule has 1 aromatic carbocycles. The fourth-order valence-corrected chi connectivity index (χ4v) is 2.03. The number of amides is 1. The first-order valence-corrected chi connectivity index (χ1v) is 6.09. The lowest BCUT2D eigenvalue weighted by Gasteiger charge is -2.26.